The van der Waals surface area contributed by atoms with Crippen LogP contribution in [0.4, 0.5) is 0 Å². The lowest BCUT2D eigenvalue weighted by molar-refractivity contribution is -0.122. The van der Waals surface area contributed by atoms with Crippen molar-refractivity contribution < 1.29 is 4.79 Å². The first-order valence-corrected chi connectivity index (χ1v) is 6.43. The maximum absolute atomic E-state index is 11.7. The van der Waals surface area contributed by atoms with Gasteiger partial charge in [0.25, 0.3) is 0 Å². The molecule has 1 amide bonds. The van der Waals surface area contributed by atoms with Crippen molar-refractivity contribution in [2.24, 2.45) is 0 Å². The normalized spacial score (nSPS) is 16.6. The molecule has 1 aliphatic carbocycles. The zero-order chi connectivity index (χ0) is 11.5. The summed E-state index contributed by atoms with van der Waals surface area (Å²) in [6.45, 7) is 2.26. The predicted octanol–water partition coefficient (Wildman–Crippen LogP) is 2.01. The summed E-state index contributed by atoms with van der Waals surface area (Å²) < 4.78 is 2.66. The van der Waals surface area contributed by atoms with Crippen molar-refractivity contribution in [3.8, 4) is 0 Å². The number of carbonyl (C=O) groups excluding carboxylic acids is 1. The van der Waals surface area contributed by atoms with Crippen LogP contribution in [0.5, 0.6) is 0 Å². The van der Waals surface area contributed by atoms with E-state index in [9.17, 15) is 4.79 Å². The number of hydrogen-bond donors (Lipinski definition) is 1. The molecule has 0 spiro atoms. The first kappa shape index (κ1) is 11.6. The van der Waals surface area contributed by atoms with Gasteiger partial charge in [0, 0.05) is 6.04 Å². The number of aromatic nitrogens is 2. The molecule has 1 aromatic heterocycles. The van der Waals surface area contributed by atoms with Gasteiger partial charge >= 0.3 is 0 Å². The predicted molar refractivity (Wildman–Crippen MR) is 65.1 cm³/mol. The Bertz CT molecular complexity index is 383. The standard InChI is InChI=1S/C11H16BrN3O/c1-8-10(12)6-13-15(8)7-11(16)14-9-4-2-3-5-9/h6,9H,2-5,7H2,1H3,(H,14,16). The van der Waals surface area contributed by atoms with Crippen LogP contribution in [0.3, 0.4) is 0 Å². The first-order chi connectivity index (χ1) is 7.66. The van der Waals surface area contributed by atoms with Crippen LogP contribution in [0.15, 0.2) is 10.7 Å². The Labute approximate surface area is 104 Å². The van der Waals surface area contributed by atoms with Gasteiger partial charge in [-0.25, -0.2) is 0 Å². The summed E-state index contributed by atoms with van der Waals surface area (Å²) >= 11 is 3.38. The van der Waals surface area contributed by atoms with Crippen LogP contribution >= 0.6 is 15.9 Å². The lowest BCUT2D eigenvalue weighted by Gasteiger charge is -2.12. The molecule has 5 heteroatoms. The highest BCUT2D eigenvalue weighted by atomic mass is 79.9. The molecule has 2 rings (SSSR count). The largest absolute Gasteiger partial charge is 0.352 e. The van der Waals surface area contributed by atoms with Crippen molar-refractivity contribution in [3.63, 3.8) is 0 Å². The van der Waals surface area contributed by atoms with Crippen LogP contribution in [0.2, 0.25) is 0 Å². The molecule has 1 aromatic rings. The molecule has 0 atom stereocenters. The van der Waals surface area contributed by atoms with Gasteiger partial charge in [-0.15, -0.1) is 0 Å². The number of amides is 1. The third kappa shape index (κ3) is 2.64. The summed E-state index contributed by atoms with van der Waals surface area (Å²) in [6, 6.07) is 0.381. The number of rotatable bonds is 3. The molecule has 0 aromatic carbocycles. The van der Waals surface area contributed by atoms with Crippen LogP contribution in [0.1, 0.15) is 31.4 Å². The summed E-state index contributed by atoms with van der Waals surface area (Å²) in [4.78, 5) is 11.7. The van der Waals surface area contributed by atoms with E-state index in [1.54, 1.807) is 10.9 Å². The minimum absolute atomic E-state index is 0.0607. The van der Waals surface area contributed by atoms with Gasteiger partial charge in [-0.05, 0) is 35.7 Å². The van der Waals surface area contributed by atoms with E-state index in [0.29, 0.717) is 12.6 Å². The van der Waals surface area contributed by atoms with Gasteiger partial charge < -0.3 is 5.32 Å². The van der Waals surface area contributed by atoms with Crippen molar-refractivity contribution in [1.82, 2.24) is 15.1 Å². The van der Waals surface area contributed by atoms with Crippen molar-refractivity contribution in [3.05, 3.63) is 16.4 Å². The summed E-state index contributed by atoms with van der Waals surface area (Å²) in [5.74, 6) is 0.0607. The zero-order valence-corrected chi connectivity index (χ0v) is 11.0. The fourth-order valence-corrected chi connectivity index (χ4v) is 2.36. The molecule has 88 valence electrons. The van der Waals surface area contributed by atoms with E-state index in [-0.39, 0.29) is 5.91 Å². The van der Waals surface area contributed by atoms with Crippen molar-refractivity contribution in [1.29, 1.82) is 0 Å². The molecule has 1 N–H and O–H groups in total. The van der Waals surface area contributed by atoms with Crippen molar-refractivity contribution in [2.45, 2.75) is 45.2 Å². The molecule has 4 nitrogen and oxygen atoms in total. The molecule has 0 radical (unpaired) electrons. The van der Waals surface area contributed by atoms with Gasteiger partial charge in [-0.3, -0.25) is 9.48 Å². The summed E-state index contributed by atoms with van der Waals surface area (Å²) in [7, 11) is 0. The Morgan fingerprint density at radius 1 is 1.62 bits per heavy atom. The maximum Gasteiger partial charge on any atom is 0.241 e. The highest BCUT2D eigenvalue weighted by molar-refractivity contribution is 9.10. The van der Waals surface area contributed by atoms with Crippen molar-refractivity contribution in [2.75, 3.05) is 0 Å². The summed E-state index contributed by atoms with van der Waals surface area (Å²) in [6.07, 6.45) is 6.42. The number of nitrogens with one attached hydrogen (secondary N) is 1. The second-order valence-electron chi connectivity index (χ2n) is 4.28. The van der Waals surface area contributed by atoms with E-state index >= 15 is 0 Å². The molecule has 0 saturated heterocycles. The average Bonchev–Trinajstić information content (AvgIpc) is 2.83. The van der Waals surface area contributed by atoms with Gasteiger partial charge in [0.1, 0.15) is 6.54 Å². The van der Waals surface area contributed by atoms with Crippen LogP contribution in [-0.4, -0.2) is 21.7 Å². The molecular formula is C11H16BrN3O. The zero-order valence-electron chi connectivity index (χ0n) is 9.37. The molecule has 16 heavy (non-hydrogen) atoms. The first-order valence-electron chi connectivity index (χ1n) is 5.64. The fourth-order valence-electron chi connectivity index (χ4n) is 2.06. The Morgan fingerprint density at radius 2 is 2.31 bits per heavy atom. The average molecular weight is 286 g/mol. The molecule has 1 aliphatic rings. The molecule has 1 saturated carbocycles. The van der Waals surface area contributed by atoms with E-state index in [1.807, 2.05) is 6.92 Å². The SMILES string of the molecule is Cc1c(Br)cnn1CC(=O)NC1CCCC1. The molecule has 1 heterocycles. The fraction of sp³-hybridized carbons (Fsp3) is 0.636. The molecule has 0 aliphatic heterocycles. The van der Waals surface area contributed by atoms with Gasteiger partial charge in [0.2, 0.25) is 5.91 Å². The van der Waals surface area contributed by atoms with E-state index in [2.05, 4.69) is 26.3 Å². The van der Waals surface area contributed by atoms with E-state index in [4.69, 9.17) is 0 Å². The highest BCUT2D eigenvalue weighted by Crippen LogP contribution is 2.18. The molecule has 0 unspecified atom stereocenters. The number of carbonyl (C=O) groups is 1. The second-order valence-corrected chi connectivity index (χ2v) is 5.14. The lowest BCUT2D eigenvalue weighted by atomic mass is 10.2. The van der Waals surface area contributed by atoms with Crippen LogP contribution in [0, 0.1) is 6.92 Å². The monoisotopic (exact) mass is 285 g/mol. The smallest absolute Gasteiger partial charge is 0.241 e. The van der Waals surface area contributed by atoms with Crippen molar-refractivity contribution >= 4 is 21.8 Å². The van der Waals surface area contributed by atoms with E-state index in [0.717, 1.165) is 23.0 Å². The molecule has 0 bridgehead atoms. The van der Waals surface area contributed by atoms with Gasteiger partial charge in [-0.1, -0.05) is 12.8 Å². The Kier molecular flexibility index (Phi) is 3.63. The van der Waals surface area contributed by atoms with Gasteiger partial charge in [-0.2, -0.15) is 5.10 Å². The maximum atomic E-state index is 11.7. The second kappa shape index (κ2) is 4.99. The Morgan fingerprint density at radius 3 is 2.88 bits per heavy atom. The van der Waals surface area contributed by atoms with Gasteiger partial charge in [0.15, 0.2) is 0 Å². The van der Waals surface area contributed by atoms with E-state index < -0.39 is 0 Å². The number of hydrogen-bond acceptors (Lipinski definition) is 2. The van der Waals surface area contributed by atoms with Crippen LogP contribution < -0.4 is 5.32 Å². The number of nitrogens with zero attached hydrogens (tertiary/aromatic N) is 2. The van der Waals surface area contributed by atoms with Gasteiger partial charge in [0.05, 0.1) is 16.4 Å². The lowest BCUT2D eigenvalue weighted by Crippen LogP contribution is -2.35. The molecular weight excluding hydrogens is 270 g/mol. The summed E-state index contributed by atoms with van der Waals surface area (Å²) in [5, 5.41) is 7.19. The molecule has 1 fully saturated rings. The topological polar surface area (TPSA) is 46.9 Å². The Balaban J connectivity index is 1.89. The van der Waals surface area contributed by atoms with E-state index in [1.165, 1.54) is 12.8 Å². The highest BCUT2D eigenvalue weighted by Gasteiger charge is 2.17. The van der Waals surface area contributed by atoms with Crippen LogP contribution in [-0.2, 0) is 11.3 Å². The Hall–Kier alpha value is -0.840. The quantitative estimate of drug-likeness (QED) is 0.924. The van der Waals surface area contributed by atoms with Crippen LogP contribution in [0.25, 0.3) is 0 Å². The number of halogens is 1. The summed E-state index contributed by atoms with van der Waals surface area (Å²) in [5.41, 5.74) is 0.988. The third-order valence-electron chi connectivity index (χ3n) is 3.06. The third-order valence-corrected chi connectivity index (χ3v) is 3.84. The minimum atomic E-state index is 0.0607. The minimum Gasteiger partial charge on any atom is -0.352 e.